The molecule has 1 unspecified atom stereocenters. The second-order valence-electron chi connectivity index (χ2n) is 9.74. The Hall–Kier alpha value is -2.69. The van der Waals surface area contributed by atoms with Crippen molar-refractivity contribution < 1.29 is 35.2 Å². The number of sulfonamides is 1. The number of carbonyl (C=O) groups excluding carboxylic acids is 1. The van der Waals surface area contributed by atoms with Crippen LogP contribution >= 0.6 is 0 Å². The highest BCUT2D eigenvalue weighted by molar-refractivity contribution is 7.91. The van der Waals surface area contributed by atoms with Crippen molar-refractivity contribution in [1.29, 1.82) is 0 Å². The predicted octanol–water partition coefficient (Wildman–Crippen LogP) is 5.72. The summed E-state index contributed by atoms with van der Waals surface area (Å²) in [4.78, 5) is 12.5. The molecule has 0 aromatic heterocycles. The Labute approximate surface area is 200 Å². The highest BCUT2D eigenvalue weighted by atomic mass is 32.2. The molecule has 1 aliphatic carbocycles. The highest BCUT2D eigenvalue weighted by Gasteiger charge is 2.55. The van der Waals surface area contributed by atoms with E-state index in [-0.39, 0.29) is 27.6 Å². The summed E-state index contributed by atoms with van der Waals surface area (Å²) in [6.45, 7) is 3.19. The van der Waals surface area contributed by atoms with Crippen molar-refractivity contribution in [1.82, 2.24) is 0 Å². The van der Waals surface area contributed by atoms with Crippen LogP contribution in [0.2, 0.25) is 0 Å². The molecule has 11 heteroatoms. The number of anilines is 2. The zero-order valence-electron chi connectivity index (χ0n) is 19.1. The van der Waals surface area contributed by atoms with Crippen molar-refractivity contribution in [3.8, 4) is 0 Å². The molecule has 1 aliphatic heterocycles. The van der Waals surface area contributed by atoms with E-state index < -0.39 is 46.4 Å². The standard InChI is InChI=1S/C24H25F5N2O3S/c1-23(2)12-20(32)31(22(27)24(28,29)21(25)26)19-10-9-17(11-18(19)23)30-35(33,34)13-14-3-5-15(6-4-14)16-7-8-16/h3-6,9-11,16,21-22,30H,7-8,12-13H2,1-2H3. The van der Waals surface area contributed by atoms with Crippen LogP contribution in [0.5, 0.6) is 0 Å². The van der Waals surface area contributed by atoms with Crippen molar-refractivity contribution in [3.63, 3.8) is 0 Å². The molecule has 190 valence electrons. The Balaban J connectivity index is 1.60. The Morgan fingerprint density at radius 3 is 2.29 bits per heavy atom. The average Bonchev–Trinajstić information content (AvgIpc) is 3.59. The van der Waals surface area contributed by atoms with Crippen molar-refractivity contribution in [2.24, 2.45) is 0 Å². The minimum atomic E-state index is -5.08. The lowest BCUT2D eigenvalue weighted by atomic mass is 9.77. The molecule has 0 bridgehead atoms. The van der Waals surface area contributed by atoms with E-state index in [0.29, 0.717) is 11.5 Å². The SMILES string of the molecule is CC1(C)CC(=O)N(C(F)C(F)(F)C(F)F)c2ccc(NS(=O)(=O)Cc3ccc(C4CC4)cc3)cc21. The number of nitrogens with zero attached hydrogens (tertiary/aromatic N) is 1. The number of hydrogen-bond acceptors (Lipinski definition) is 3. The summed E-state index contributed by atoms with van der Waals surface area (Å²) < 4.78 is 95.5. The van der Waals surface area contributed by atoms with Gasteiger partial charge in [0, 0.05) is 17.5 Å². The number of fused-ring (bicyclic) bond motifs is 1. The maximum Gasteiger partial charge on any atom is 0.356 e. The number of nitrogens with one attached hydrogen (secondary N) is 1. The van der Waals surface area contributed by atoms with Crippen LogP contribution in [0.3, 0.4) is 0 Å². The van der Waals surface area contributed by atoms with Gasteiger partial charge in [0.1, 0.15) is 0 Å². The van der Waals surface area contributed by atoms with Gasteiger partial charge in [-0.15, -0.1) is 0 Å². The number of hydrogen-bond donors (Lipinski definition) is 1. The third kappa shape index (κ3) is 5.14. The van der Waals surface area contributed by atoms with E-state index in [0.717, 1.165) is 18.9 Å². The van der Waals surface area contributed by atoms with Gasteiger partial charge in [0.05, 0.1) is 11.4 Å². The lowest BCUT2D eigenvalue weighted by Gasteiger charge is -2.41. The fraction of sp³-hybridized carbons (Fsp3) is 0.458. The molecule has 4 rings (SSSR count). The number of amides is 1. The van der Waals surface area contributed by atoms with Gasteiger partial charge in [0.2, 0.25) is 22.2 Å². The molecule has 0 spiro atoms. The molecule has 1 N–H and O–H groups in total. The van der Waals surface area contributed by atoms with Crippen LogP contribution in [0.25, 0.3) is 0 Å². The lowest BCUT2D eigenvalue weighted by molar-refractivity contribution is -0.173. The van der Waals surface area contributed by atoms with E-state index >= 15 is 0 Å². The predicted molar refractivity (Wildman–Crippen MR) is 122 cm³/mol. The summed E-state index contributed by atoms with van der Waals surface area (Å²) in [6, 6.07) is 10.9. The smallest absolute Gasteiger partial charge is 0.283 e. The topological polar surface area (TPSA) is 66.5 Å². The highest BCUT2D eigenvalue weighted by Crippen LogP contribution is 2.45. The normalized spacial score (nSPS) is 19.0. The first-order valence-corrected chi connectivity index (χ1v) is 12.7. The van der Waals surface area contributed by atoms with Gasteiger partial charge in [0.25, 0.3) is 0 Å². The number of benzene rings is 2. The van der Waals surface area contributed by atoms with Gasteiger partial charge in [-0.05, 0) is 53.6 Å². The first-order valence-electron chi connectivity index (χ1n) is 11.1. The number of halogens is 5. The fourth-order valence-corrected chi connectivity index (χ4v) is 5.50. The molecule has 0 radical (unpaired) electrons. The van der Waals surface area contributed by atoms with Gasteiger partial charge in [-0.25, -0.2) is 21.6 Å². The van der Waals surface area contributed by atoms with Crippen LogP contribution in [0, 0.1) is 0 Å². The monoisotopic (exact) mass is 516 g/mol. The quantitative estimate of drug-likeness (QED) is 0.361. The van der Waals surface area contributed by atoms with Crippen LogP contribution < -0.4 is 9.62 Å². The summed E-state index contributed by atoms with van der Waals surface area (Å²) >= 11 is 0. The molecule has 2 aromatic rings. The van der Waals surface area contributed by atoms with Crippen LogP contribution in [0.1, 0.15) is 55.7 Å². The van der Waals surface area contributed by atoms with E-state index in [4.69, 9.17) is 0 Å². The van der Waals surface area contributed by atoms with Crippen LogP contribution in [-0.2, 0) is 26.0 Å². The largest absolute Gasteiger partial charge is 0.356 e. The maximum absolute atomic E-state index is 14.6. The summed E-state index contributed by atoms with van der Waals surface area (Å²) in [6.07, 6.45) is -6.07. The molecular weight excluding hydrogens is 491 g/mol. The van der Waals surface area contributed by atoms with E-state index in [1.165, 1.54) is 17.7 Å². The first-order chi connectivity index (χ1) is 16.2. The van der Waals surface area contributed by atoms with Crippen molar-refractivity contribution in [3.05, 3.63) is 59.2 Å². The van der Waals surface area contributed by atoms with Gasteiger partial charge in [-0.1, -0.05) is 38.1 Å². The number of alkyl halides is 5. The van der Waals surface area contributed by atoms with Crippen LogP contribution in [0.15, 0.2) is 42.5 Å². The molecule has 2 aliphatic rings. The second kappa shape index (κ2) is 8.76. The van der Waals surface area contributed by atoms with Gasteiger partial charge < -0.3 is 0 Å². The summed E-state index contributed by atoms with van der Waals surface area (Å²) in [5, 5.41) is 0. The summed E-state index contributed by atoms with van der Waals surface area (Å²) in [5.41, 5.74) is 0.710. The first kappa shape index (κ1) is 25.4. The average molecular weight is 517 g/mol. The van der Waals surface area contributed by atoms with Gasteiger partial charge >= 0.3 is 12.3 Å². The molecule has 1 amide bonds. The minimum absolute atomic E-state index is 0.0342. The van der Waals surface area contributed by atoms with E-state index in [2.05, 4.69) is 4.72 Å². The fourth-order valence-electron chi connectivity index (χ4n) is 4.31. The van der Waals surface area contributed by atoms with Gasteiger partial charge in [0.15, 0.2) is 0 Å². The molecule has 1 saturated carbocycles. The Kier molecular flexibility index (Phi) is 6.36. The maximum atomic E-state index is 14.6. The van der Waals surface area contributed by atoms with Crippen molar-refractivity contribution in [2.45, 2.75) is 68.8 Å². The Morgan fingerprint density at radius 1 is 1.09 bits per heavy atom. The summed E-state index contributed by atoms with van der Waals surface area (Å²) in [7, 11) is -3.87. The van der Waals surface area contributed by atoms with Crippen molar-refractivity contribution in [2.75, 3.05) is 9.62 Å². The Bertz CT molecular complexity index is 1230. The third-order valence-corrected chi connectivity index (χ3v) is 7.60. The zero-order chi connectivity index (χ0) is 25.8. The lowest BCUT2D eigenvalue weighted by Crippen LogP contribution is -2.55. The van der Waals surface area contributed by atoms with Gasteiger partial charge in [-0.2, -0.15) is 8.78 Å². The number of rotatable bonds is 8. The van der Waals surface area contributed by atoms with Crippen LogP contribution in [-0.4, -0.2) is 33.0 Å². The van der Waals surface area contributed by atoms with E-state index in [1.54, 1.807) is 26.0 Å². The van der Waals surface area contributed by atoms with Crippen LogP contribution in [0.4, 0.5) is 33.3 Å². The molecule has 0 saturated heterocycles. The summed E-state index contributed by atoms with van der Waals surface area (Å²) in [5.74, 6) is -5.92. The molecule has 2 aromatic carbocycles. The Morgan fingerprint density at radius 2 is 1.71 bits per heavy atom. The second-order valence-corrected chi connectivity index (χ2v) is 11.5. The zero-order valence-corrected chi connectivity index (χ0v) is 19.9. The van der Waals surface area contributed by atoms with Gasteiger partial charge in [-0.3, -0.25) is 14.4 Å². The van der Waals surface area contributed by atoms with E-state index in [1.807, 2.05) is 12.1 Å². The molecule has 1 atom stereocenters. The molecule has 35 heavy (non-hydrogen) atoms. The number of carbonyl (C=O) groups is 1. The minimum Gasteiger partial charge on any atom is -0.283 e. The molecule has 1 fully saturated rings. The molecular formula is C24H25F5N2O3S. The van der Waals surface area contributed by atoms with Crippen molar-refractivity contribution >= 4 is 27.3 Å². The molecule has 1 heterocycles. The molecule has 5 nitrogen and oxygen atoms in total. The van der Waals surface area contributed by atoms with E-state index in [9.17, 15) is 35.2 Å². The third-order valence-electron chi connectivity index (χ3n) is 6.34.